The molecule has 0 spiro atoms. The van der Waals surface area contributed by atoms with Crippen molar-refractivity contribution < 1.29 is 9.53 Å². The molecule has 2 aromatic carbocycles. The first-order chi connectivity index (χ1) is 10.0. The number of methoxy groups -OCH3 is 1. The van der Waals surface area contributed by atoms with Crippen LogP contribution < -0.4 is 5.32 Å². The van der Waals surface area contributed by atoms with Crippen molar-refractivity contribution >= 4 is 34.9 Å². The van der Waals surface area contributed by atoms with Crippen LogP contribution in [0, 0.1) is 6.92 Å². The van der Waals surface area contributed by atoms with Crippen LogP contribution in [-0.2, 0) is 11.3 Å². The van der Waals surface area contributed by atoms with E-state index in [1.165, 1.54) is 7.11 Å². The van der Waals surface area contributed by atoms with Crippen molar-refractivity contribution in [2.75, 3.05) is 12.4 Å². The zero-order chi connectivity index (χ0) is 15.4. The molecule has 0 aliphatic carbocycles. The molecule has 2 aromatic rings. The summed E-state index contributed by atoms with van der Waals surface area (Å²) in [5.41, 5.74) is 3.29. The third-order valence-electron chi connectivity index (χ3n) is 3.21. The van der Waals surface area contributed by atoms with Crippen molar-refractivity contribution in [2.24, 2.45) is 0 Å². The van der Waals surface area contributed by atoms with Crippen LogP contribution in [0.2, 0.25) is 10.0 Å². The Morgan fingerprint density at radius 3 is 2.62 bits per heavy atom. The van der Waals surface area contributed by atoms with Gasteiger partial charge in [0.15, 0.2) is 0 Å². The molecule has 0 amide bonds. The maximum absolute atomic E-state index is 11.7. The average molecular weight is 324 g/mol. The number of ether oxygens (including phenoxy) is 1. The lowest BCUT2D eigenvalue weighted by Crippen LogP contribution is -2.07. The number of carbonyl (C=O) groups is 1. The number of carbonyl (C=O) groups excluding carboxylic acids is 1. The normalized spacial score (nSPS) is 10.3. The Morgan fingerprint density at radius 2 is 1.95 bits per heavy atom. The Morgan fingerprint density at radius 1 is 1.19 bits per heavy atom. The highest BCUT2D eigenvalue weighted by atomic mass is 35.5. The molecule has 2 rings (SSSR count). The van der Waals surface area contributed by atoms with Crippen molar-refractivity contribution in [2.45, 2.75) is 13.5 Å². The van der Waals surface area contributed by atoms with Crippen molar-refractivity contribution in [3.63, 3.8) is 0 Å². The molecule has 0 radical (unpaired) electrons. The highest BCUT2D eigenvalue weighted by molar-refractivity contribution is 6.42. The van der Waals surface area contributed by atoms with Gasteiger partial charge in [-0.2, -0.15) is 0 Å². The molecule has 0 aliphatic rings. The first-order valence-electron chi connectivity index (χ1n) is 6.38. The lowest BCUT2D eigenvalue weighted by Gasteiger charge is -2.12. The molecule has 0 saturated heterocycles. The predicted molar refractivity (Wildman–Crippen MR) is 86.3 cm³/mol. The summed E-state index contributed by atoms with van der Waals surface area (Å²) in [6.07, 6.45) is 0. The summed E-state index contributed by atoms with van der Waals surface area (Å²) in [5.74, 6) is -0.342. The summed E-state index contributed by atoms with van der Waals surface area (Å²) in [6, 6.07) is 11.0. The minimum Gasteiger partial charge on any atom is -0.465 e. The third kappa shape index (κ3) is 3.69. The van der Waals surface area contributed by atoms with Gasteiger partial charge in [-0.1, -0.05) is 35.3 Å². The van der Waals surface area contributed by atoms with Crippen molar-refractivity contribution in [3.05, 3.63) is 63.1 Å². The quantitative estimate of drug-likeness (QED) is 0.829. The standard InChI is InChI=1S/C16H15Cl2NO2/c1-10-12(16(20)21-2)4-3-5-15(10)19-9-11-6-7-13(17)14(18)8-11/h3-8,19H,9H2,1-2H3. The molecular formula is C16H15Cl2NO2. The molecule has 0 saturated carbocycles. The summed E-state index contributed by atoms with van der Waals surface area (Å²) in [6.45, 7) is 2.46. The minimum absolute atomic E-state index is 0.342. The van der Waals surface area contributed by atoms with Gasteiger partial charge in [-0.3, -0.25) is 0 Å². The van der Waals surface area contributed by atoms with E-state index in [1.54, 1.807) is 12.1 Å². The van der Waals surface area contributed by atoms with Crippen LogP contribution in [0.1, 0.15) is 21.5 Å². The van der Waals surface area contributed by atoms with Crippen LogP contribution in [0.15, 0.2) is 36.4 Å². The molecule has 0 unspecified atom stereocenters. The van der Waals surface area contributed by atoms with Gasteiger partial charge in [-0.25, -0.2) is 4.79 Å². The van der Waals surface area contributed by atoms with Gasteiger partial charge in [0.2, 0.25) is 0 Å². The first-order valence-corrected chi connectivity index (χ1v) is 7.14. The Labute approximate surface area is 133 Å². The average Bonchev–Trinajstić information content (AvgIpc) is 2.49. The van der Waals surface area contributed by atoms with Gasteiger partial charge in [-0.05, 0) is 42.3 Å². The molecule has 5 heteroatoms. The van der Waals surface area contributed by atoms with Crippen molar-refractivity contribution in [1.82, 2.24) is 0 Å². The smallest absolute Gasteiger partial charge is 0.338 e. The van der Waals surface area contributed by atoms with E-state index < -0.39 is 0 Å². The van der Waals surface area contributed by atoms with E-state index in [4.69, 9.17) is 27.9 Å². The number of esters is 1. The van der Waals surface area contributed by atoms with Gasteiger partial charge in [-0.15, -0.1) is 0 Å². The lowest BCUT2D eigenvalue weighted by molar-refractivity contribution is 0.0600. The fraction of sp³-hybridized carbons (Fsp3) is 0.188. The second-order valence-corrected chi connectivity index (χ2v) is 5.39. The van der Waals surface area contributed by atoms with Gasteiger partial charge in [0.1, 0.15) is 0 Å². The SMILES string of the molecule is COC(=O)c1cccc(NCc2ccc(Cl)c(Cl)c2)c1C. The number of rotatable bonds is 4. The maximum Gasteiger partial charge on any atom is 0.338 e. The highest BCUT2D eigenvalue weighted by Gasteiger charge is 2.11. The van der Waals surface area contributed by atoms with Gasteiger partial charge in [0, 0.05) is 12.2 Å². The second kappa shape index (κ2) is 6.83. The molecule has 110 valence electrons. The number of halogens is 2. The van der Waals surface area contributed by atoms with Gasteiger partial charge >= 0.3 is 5.97 Å². The van der Waals surface area contributed by atoms with Gasteiger partial charge in [0.25, 0.3) is 0 Å². The van der Waals surface area contributed by atoms with Crippen LogP contribution in [0.5, 0.6) is 0 Å². The fourth-order valence-corrected chi connectivity index (χ4v) is 2.33. The number of nitrogens with one attached hydrogen (secondary N) is 1. The van der Waals surface area contributed by atoms with E-state index in [1.807, 2.05) is 31.2 Å². The Balaban J connectivity index is 2.16. The van der Waals surface area contributed by atoms with E-state index in [2.05, 4.69) is 5.32 Å². The highest BCUT2D eigenvalue weighted by Crippen LogP contribution is 2.24. The molecule has 0 fully saturated rings. The van der Waals surface area contributed by atoms with Crippen LogP contribution in [0.3, 0.4) is 0 Å². The van der Waals surface area contributed by atoms with E-state index in [0.29, 0.717) is 22.2 Å². The number of hydrogen-bond donors (Lipinski definition) is 1. The van der Waals surface area contributed by atoms with Crippen LogP contribution >= 0.6 is 23.2 Å². The first kappa shape index (κ1) is 15.7. The molecule has 0 atom stereocenters. The fourth-order valence-electron chi connectivity index (χ4n) is 2.01. The zero-order valence-electron chi connectivity index (χ0n) is 11.7. The van der Waals surface area contributed by atoms with E-state index in [0.717, 1.165) is 16.8 Å². The van der Waals surface area contributed by atoms with E-state index in [-0.39, 0.29) is 5.97 Å². The molecule has 0 aliphatic heterocycles. The summed E-state index contributed by atoms with van der Waals surface area (Å²) >= 11 is 11.9. The molecule has 3 nitrogen and oxygen atoms in total. The molecule has 0 heterocycles. The second-order valence-electron chi connectivity index (χ2n) is 4.57. The van der Waals surface area contributed by atoms with Crippen LogP contribution in [0.25, 0.3) is 0 Å². The minimum atomic E-state index is -0.342. The third-order valence-corrected chi connectivity index (χ3v) is 3.95. The van der Waals surface area contributed by atoms with Crippen LogP contribution in [0.4, 0.5) is 5.69 Å². The summed E-state index contributed by atoms with van der Waals surface area (Å²) < 4.78 is 4.76. The molecular weight excluding hydrogens is 309 g/mol. The lowest BCUT2D eigenvalue weighted by atomic mass is 10.1. The Hall–Kier alpha value is -1.71. The summed E-state index contributed by atoms with van der Waals surface area (Å²) in [5, 5.41) is 4.34. The Kier molecular flexibility index (Phi) is 5.10. The molecule has 0 aromatic heterocycles. The topological polar surface area (TPSA) is 38.3 Å². The van der Waals surface area contributed by atoms with E-state index >= 15 is 0 Å². The zero-order valence-corrected chi connectivity index (χ0v) is 13.3. The maximum atomic E-state index is 11.7. The number of hydrogen-bond acceptors (Lipinski definition) is 3. The molecule has 1 N–H and O–H groups in total. The number of benzene rings is 2. The Bertz CT molecular complexity index is 671. The largest absolute Gasteiger partial charge is 0.465 e. The molecule has 0 bridgehead atoms. The van der Waals surface area contributed by atoms with Crippen LogP contribution in [-0.4, -0.2) is 13.1 Å². The van der Waals surface area contributed by atoms with Crippen molar-refractivity contribution in [1.29, 1.82) is 0 Å². The monoisotopic (exact) mass is 323 g/mol. The summed E-state index contributed by atoms with van der Waals surface area (Å²) in [7, 11) is 1.37. The van der Waals surface area contributed by atoms with Crippen molar-refractivity contribution in [3.8, 4) is 0 Å². The number of anilines is 1. The molecule has 21 heavy (non-hydrogen) atoms. The van der Waals surface area contributed by atoms with Gasteiger partial charge in [0.05, 0.1) is 22.7 Å². The summed E-state index contributed by atoms with van der Waals surface area (Å²) in [4.78, 5) is 11.7. The van der Waals surface area contributed by atoms with Gasteiger partial charge < -0.3 is 10.1 Å². The van der Waals surface area contributed by atoms with E-state index in [9.17, 15) is 4.79 Å². The predicted octanol–water partition coefficient (Wildman–Crippen LogP) is 4.70.